The van der Waals surface area contributed by atoms with Gasteiger partial charge in [-0.05, 0) is 0 Å². The summed E-state index contributed by atoms with van der Waals surface area (Å²) in [6.45, 7) is 20.2. The number of hydrogen-bond donors (Lipinski definition) is 0. The van der Waals surface area contributed by atoms with Crippen LogP contribution in [0.4, 0.5) is 0 Å². The van der Waals surface area contributed by atoms with Crippen molar-refractivity contribution in [1.82, 2.24) is 0 Å². The molecule has 0 fully saturated rings. The van der Waals surface area contributed by atoms with Gasteiger partial charge < -0.3 is 0 Å². The molecule has 1 aliphatic carbocycles. The maximum Gasteiger partial charge on any atom is 0.171 e. The van der Waals surface area contributed by atoms with E-state index >= 15 is 0 Å². The molecule has 0 bridgehead atoms. The molecule has 0 amide bonds. The van der Waals surface area contributed by atoms with Crippen molar-refractivity contribution >= 4 is 11.6 Å². The number of fused-ring (bicyclic) bond motifs is 1. The fraction of sp³-hybridized carbons (Fsp3) is 0.375. The molecule has 2 nitrogen and oxygen atoms in total. The molecule has 3 aromatic rings. The third-order valence-corrected chi connectivity index (χ3v) is 3.18. The van der Waals surface area contributed by atoms with E-state index < -0.39 is 0 Å². The number of benzene rings is 3. The van der Waals surface area contributed by atoms with Crippen LogP contribution in [0.25, 0.3) is 0 Å². The molecule has 0 radical (unpaired) electrons. The zero-order valence-corrected chi connectivity index (χ0v) is 23.5. The van der Waals surface area contributed by atoms with E-state index in [0.29, 0.717) is 11.1 Å². The van der Waals surface area contributed by atoms with Crippen LogP contribution in [0, 0.1) is 0 Å². The molecule has 0 aliphatic heterocycles. The second-order valence-corrected chi connectivity index (χ2v) is 5.59. The first-order chi connectivity index (χ1) is 16.7. The van der Waals surface area contributed by atoms with E-state index in [1.807, 2.05) is 128 Å². The van der Waals surface area contributed by atoms with E-state index in [0.717, 1.165) is 0 Å². The molecule has 0 saturated heterocycles. The van der Waals surface area contributed by atoms with E-state index in [1.54, 1.807) is 24.3 Å². The first-order valence-corrected chi connectivity index (χ1v) is 12.9. The highest BCUT2D eigenvalue weighted by Gasteiger charge is 2.25. The lowest BCUT2D eigenvalue weighted by Gasteiger charge is -1.90. The van der Waals surface area contributed by atoms with Crippen molar-refractivity contribution in [2.24, 2.45) is 0 Å². The number of carbonyl (C=O) groups excluding carboxylic acids is 2. The van der Waals surface area contributed by atoms with Crippen LogP contribution in [0.1, 0.15) is 103 Å². The Morgan fingerprint density at radius 1 is 0.441 bits per heavy atom. The lowest BCUT2D eigenvalue weighted by atomic mass is 10.1. The van der Waals surface area contributed by atoms with Gasteiger partial charge in [-0.1, -0.05) is 173 Å². The van der Waals surface area contributed by atoms with Crippen molar-refractivity contribution in [2.75, 3.05) is 0 Å². The van der Waals surface area contributed by atoms with Crippen molar-refractivity contribution in [3.63, 3.8) is 0 Å². The number of hydrogen-bond acceptors (Lipinski definition) is 2. The highest BCUT2D eigenvalue weighted by atomic mass is 16.2. The Kier molecular flexibility index (Phi) is 39.0. The molecule has 0 spiro atoms. The van der Waals surface area contributed by atoms with Crippen LogP contribution in [0.3, 0.4) is 0 Å². The van der Waals surface area contributed by atoms with Gasteiger partial charge in [0, 0.05) is 11.1 Å². The average Bonchev–Trinajstić information content (AvgIpc) is 3.25. The van der Waals surface area contributed by atoms with Gasteiger partial charge in [-0.25, -0.2) is 0 Å². The van der Waals surface area contributed by atoms with Gasteiger partial charge in [0.2, 0.25) is 0 Å². The minimum absolute atomic E-state index is 0.0504. The molecular weight excluding hydrogens is 416 g/mol. The molecule has 0 saturated carbocycles. The fourth-order valence-corrected chi connectivity index (χ4v) is 2.08. The van der Waals surface area contributed by atoms with Gasteiger partial charge in [0.25, 0.3) is 0 Å². The van der Waals surface area contributed by atoms with Crippen LogP contribution in [0.5, 0.6) is 0 Å². The predicted octanol–water partition coefficient (Wildman–Crippen LogP) is 10.3. The smallest absolute Gasteiger partial charge is 0.171 e. The molecular formula is C32H50O2. The summed E-state index contributed by atoms with van der Waals surface area (Å²) >= 11 is 0. The van der Waals surface area contributed by atoms with Gasteiger partial charge >= 0.3 is 0 Å². The number of ketones is 2. The molecule has 3 aromatic carbocycles. The molecule has 4 rings (SSSR count). The zero-order valence-electron chi connectivity index (χ0n) is 23.5. The Labute approximate surface area is 211 Å². The van der Waals surface area contributed by atoms with Crippen LogP contribution in [0.2, 0.25) is 0 Å². The first-order valence-electron chi connectivity index (χ1n) is 12.9. The molecule has 34 heavy (non-hydrogen) atoms. The Hall–Kier alpha value is -3.00. The highest BCUT2D eigenvalue weighted by Crippen LogP contribution is 2.20. The Morgan fingerprint density at radius 2 is 0.618 bits per heavy atom. The number of carbonyl (C=O) groups is 2. The summed E-state index contributed by atoms with van der Waals surface area (Å²) in [5, 5.41) is 0. The van der Waals surface area contributed by atoms with E-state index in [4.69, 9.17) is 0 Å². The quantitative estimate of drug-likeness (QED) is 0.309. The van der Waals surface area contributed by atoms with Crippen LogP contribution in [0.15, 0.2) is 97.1 Å². The standard InChI is InChI=1S/C9H6O2.2C6H6.C3H8.4C2H6/c10-8-5-9(11)7-4-2-1-3-6(7)8;2*1-2-4-6-5-3-1;1-3-2;4*1-2/h1-4H,5H2;2*1-6H;3H2,1-2H3;4*1-2H3. The SMILES string of the molecule is CC.CC.CC.CC.CCC.O=C1CC(=O)c2ccccc21.c1ccccc1.c1ccccc1. The number of rotatable bonds is 0. The number of Topliss-reactive ketones (excluding diaryl/α,β-unsaturated/α-hetero) is 2. The minimum Gasteiger partial charge on any atom is -0.294 e. The van der Waals surface area contributed by atoms with E-state index in [2.05, 4.69) is 13.8 Å². The van der Waals surface area contributed by atoms with Crippen molar-refractivity contribution in [3.8, 4) is 0 Å². The summed E-state index contributed by atoms with van der Waals surface area (Å²) in [6.07, 6.45) is 1.30. The third-order valence-electron chi connectivity index (χ3n) is 3.18. The summed E-state index contributed by atoms with van der Waals surface area (Å²) in [4.78, 5) is 22.1. The Balaban J connectivity index is -0.000000171. The molecule has 0 unspecified atom stereocenters. The lowest BCUT2D eigenvalue weighted by Crippen LogP contribution is -1.90. The van der Waals surface area contributed by atoms with Crippen LogP contribution in [-0.2, 0) is 0 Å². The fourth-order valence-electron chi connectivity index (χ4n) is 2.08. The summed E-state index contributed by atoms with van der Waals surface area (Å²) < 4.78 is 0. The zero-order chi connectivity index (χ0) is 27.0. The first kappa shape index (κ1) is 38.3. The van der Waals surface area contributed by atoms with E-state index in [1.165, 1.54) is 6.42 Å². The van der Waals surface area contributed by atoms with Gasteiger partial charge in [0.15, 0.2) is 11.6 Å². The van der Waals surface area contributed by atoms with Gasteiger partial charge in [-0.2, -0.15) is 0 Å². The average molecular weight is 467 g/mol. The second-order valence-electron chi connectivity index (χ2n) is 5.59. The van der Waals surface area contributed by atoms with Crippen LogP contribution >= 0.6 is 0 Å². The van der Waals surface area contributed by atoms with Crippen molar-refractivity contribution in [3.05, 3.63) is 108 Å². The van der Waals surface area contributed by atoms with Crippen LogP contribution in [-0.4, -0.2) is 11.6 Å². The third kappa shape index (κ3) is 22.2. The highest BCUT2D eigenvalue weighted by molar-refractivity contribution is 6.24. The van der Waals surface area contributed by atoms with Crippen molar-refractivity contribution < 1.29 is 9.59 Å². The van der Waals surface area contributed by atoms with Gasteiger partial charge in [0.1, 0.15) is 0 Å². The van der Waals surface area contributed by atoms with E-state index in [9.17, 15) is 9.59 Å². The largest absolute Gasteiger partial charge is 0.294 e. The van der Waals surface area contributed by atoms with Gasteiger partial charge in [0.05, 0.1) is 6.42 Å². The molecule has 2 heteroatoms. The maximum absolute atomic E-state index is 11.1. The van der Waals surface area contributed by atoms with E-state index in [-0.39, 0.29) is 18.0 Å². The normalized spacial score (nSPS) is 9.00. The van der Waals surface area contributed by atoms with Gasteiger partial charge in [-0.15, -0.1) is 0 Å². The molecule has 0 aromatic heterocycles. The summed E-state index contributed by atoms with van der Waals surface area (Å²) in [7, 11) is 0. The summed E-state index contributed by atoms with van der Waals surface area (Å²) in [5.74, 6) is -0.101. The van der Waals surface area contributed by atoms with Crippen molar-refractivity contribution in [2.45, 2.75) is 82.1 Å². The maximum atomic E-state index is 11.1. The Bertz CT molecular complexity index is 632. The van der Waals surface area contributed by atoms with Crippen LogP contribution < -0.4 is 0 Å². The molecule has 190 valence electrons. The van der Waals surface area contributed by atoms with Crippen molar-refractivity contribution in [1.29, 1.82) is 0 Å². The lowest BCUT2D eigenvalue weighted by molar-refractivity contribution is 0.0923. The topological polar surface area (TPSA) is 34.1 Å². The molecule has 0 atom stereocenters. The second kappa shape index (κ2) is 34.6. The Morgan fingerprint density at radius 3 is 0.794 bits per heavy atom. The van der Waals surface area contributed by atoms with Gasteiger partial charge in [-0.3, -0.25) is 9.59 Å². The minimum atomic E-state index is -0.0504. The predicted molar refractivity (Wildman–Crippen MR) is 154 cm³/mol. The monoisotopic (exact) mass is 466 g/mol. The molecule has 0 heterocycles. The summed E-state index contributed by atoms with van der Waals surface area (Å²) in [6, 6.07) is 30.9. The molecule has 0 N–H and O–H groups in total. The molecule has 1 aliphatic rings. The summed E-state index contributed by atoms with van der Waals surface area (Å²) in [5.41, 5.74) is 1.16.